The van der Waals surface area contributed by atoms with Crippen LogP contribution in [0.3, 0.4) is 0 Å². The van der Waals surface area contributed by atoms with Crippen LogP contribution in [-0.4, -0.2) is 16.7 Å². The van der Waals surface area contributed by atoms with Gasteiger partial charge in [-0.1, -0.05) is 0 Å². The van der Waals surface area contributed by atoms with Crippen molar-refractivity contribution in [1.82, 2.24) is 4.98 Å². The van der Waals surface area contributed by atoms with Crippen molar-refractivity contribution in [3.8, 4) is 11.6 Å². The van der Waals surface area contributed by atoms with Gasteiger partial charge in [0.2, 0.25) is 5.88 Å². The van der Waals surface area contributed by atoms with Crippen LogP contribution in [0.25, 0.3) is 0 Å². The summed E-state index contributed by atoms with van der Waals surface area (Å²) >= 11 is 0. The van der Waals surface area contributed by atoms with Crippen LogP contribution in [0.5, 0.6) is 11.6 Å². The van der Waals surface area contributed by atoms with Crippen molar-refractivity contribution in [2.24, 2.45) is 5.92 Å². The first-order valence-corrected chi connectivity index (χ1v) is 4.24. The molecule has 0 aromatic carbocycles. The quantitative estimate of drug-likeness (QED) is 0.725. The number of hydrogen-bond donors (Lipinski definition) is 1. The van der Waals surface area contributed by atoms with Gasteiger partial charge in [0.1, 0.15) is 0 Å². The van der Waals surface area contributed by atoms with Gasteiger partial charge in [0.25, 0.3) is 5.95 Å². The summed E-state index contributed by atoms with van der Waals surface area (Å²) in [6.45, 7) is 0.594. The third-order valence-corrected chi connectivity index (χ3v) is 1.97. The van der Waals surface area contributed by atoms with Crippen LogP contribution in [0.2, 0.25) is 0 Å². The predicted octanol–water partition coefficient (Wildman–Crippen LogP) is 1.72. The van der Waals surface area contributed by atoms with Crippen molar-refractivity contribution >= 4 is 0 Å². The van der Waals surface area contributed by atoms with Crippen LogP contribution < -0.4 is 4.74 Å². The Labute approximate surface area is 75.2 Å². The average Bonchev–Trinajstić information content (AvgIpc) is 2.91. The predicted molar refractivity (Wildman–Crippen MR) is 44.1 cm³/mol. The maximum Gasteiger partial charge on any atom is 0.258 e. The highest BCUT2D eigenvalue weighted by Crippen LogP contribution is 2.29. The molecule has 1 aromatic rings. The van der Waals surface area contributed by atoms with Crippen molar-refractivity contribution < 1.29 is 14.2 Å². The lowest BCUT2D eigenvalue weighted by Gasteiger charge is -2.03. The Bertz CT molecular complexity index is 312. The first kappa shape index (κ1) is 8.29. The van der Waals surface area contributed by atoms with E-state index in [2.05, 4.69) is 4.98 Å². The highest BCUT2D eigenvalue weighted by Gasteiger charge is 2.22. The van der Waals surface area contributed by atoms with Gasteiger partial charge in [-0.2, -0.15) is 9.37 Å². The molecular formula is C9H10FNO2. The SMILES string of the molecule is Oc1ccc(OCC2CC2)nc1F. The number of pyridine rings is 1. The normalized spacial score (nSPS) is 15.8. The highest BCUT2D eigenvalue weighted by molar-refractivity contribution is 5.22. The Balaban J connectivity index is 1.98. The standard InChI is InChI=1S/C9H10FNO2/c10-9-7(12)3-4-8(11-9)13-5-6-1-2-6/h3-4,6,12H,1-2,5H2. The molecule has 4 heteroatoms. The molecule has 0 aliphatic heterocycles. The van der Waals surface area contributed by atoms with E-state index in [1.165, 1.54) is 25.0 Å². The van der Waals surface area contributed by atoms with Crippen LogP contribution in [0.4, 0.5) is 4.39 Å². The summed E-state index contributed by atoms with van der Waals surface area (Å²) < 4.78 is 17.9. The number of rotatable bonds is 3. The Morgan fingerprint density at radius 1 is 1.54 bits per heavy atom. The summed E-state index contributed by atoms with van der Waals surface area (Å²) in [5, 5.41) is 8.84. The zero-order valence-corrected chi connectivity index (χ0v) is 7.03. The van der Waals surface area contributed by atoms with Gasteiger partial charge in [-0.3, -0.25) is 0 Å². The molecule has 0 unspecified atom stereocenters. The fraction of sp³-hybridized carbons (Fsp3) is 0.444. The number of halogens is 1. The molecule has 1 aromatic heterocycles. The number of ether oxygens (including phenoxy) is 1. The lowest BCUT2D eigenvalue weighted by atomic mass is 10.4. The van der Waals surface area contributed by atoms with Gasteiger partial charge in [0, 0.05) is 6.07 Å². The molecule has 70 valence electrons. The van der Waals surface area contributed by atoms with Crippen LogP contribution in [-0.2, 0) is 0 Å². The van der Waals surface area contributed by atoms with Gasteiger partial charge < -0.3 is 9.84 Å². The summed E-state index contributed by atoms with van der Waals surface area (Å²) in [6.07, 6.45) is 2.36. The molecule has 1 saturated carbocycles. The van der Waals surface area contributed by atoms with Gasteiger partial charge in [0.15, 0.2) is 5.75 Å². The number of aromatic hydroxyl groups is 1. The molecule has 0 saturated heterocycles. The van der Waals surface area contributed by atoms with E-state index in [0.717, 1.165) is 0 Å². The first-order chi connectivity index (χ1) is 6.25. The monoisotopic (exact) mass is 183 g/mol. The van der Waals surface area contributed by atoms with Gasteiger partial charge >= 0.3 is 0 Å². The van der Waals surface area contributed by atoms with E-state index in [1.54, 1.807) is 0 Å². The van der Waals surface area contributed by atoms with Crippen LogP contribution in [0.15, 0.2) is 12.1 Å². The fourth-order valence-corrected chi connectivity index (χ4v) is 0.978. The van der Waals surface area contributed by atoms with E-state index in [4.69, 9.17) is 9.84 Å². The van der Waals surface area contributed by atoms with E-state index in [1.807, 2.05) is 0 Å². The maximum absolute atomic E-state index is 12.7. The summed E-state index contributed by atoms with van der Waals surface area (Å²) in [5.41, 5.74) is 0. The minimum Gasteiger partial charge on any atom is -0.504 e. The second kappa shape index (κ2) is 3.20. The molecular weight excluding hydrogens is 173 g/mol. The van der Waals surface area contributed by atoms with Crippen molar-refractivity contribution in [2.75, 3.05) is 6.61 Å². The highest BCUT2D eigenvalue weighted by atomic mass is 19.1. The van der Waals surface area contributed by atoms with Crippen molar-refractivity contribution in [3.05, 3.63) is 18.1 Å². The van der Waals surface area contributed by atoms with E-state index in [9.17, 15) is 4.39 Å². The molecule has 2 rings (SSSR count). The number of aromatic nitrogens is 1. The smallest absolute Gasteiger partial charge is 0.258 e. The van der Waals surface area contributed by atoms with Gasteiger partial charge in [-0.15, -0.1) is 0 Å². The lowest BCUT2D eigenvalue weighted by molar-refractivity contribution is 0.281. The molecule has 1 fully saturated rings. The average molecular weight is 183 g/mol. The minimum atomic E-state index is -0.881. The van der Waals surface area contributed by atoms with Crippen LogP contribution >= 0.6 is 0 Å². The number of hydrogen-bond acceptors (Lipinski definition) is 3. The number of nitrogens with zero attached hydrogens (tertiary/aromatic N) is 1. The molecule has 0 atom stereocenters. The third-order valence-electron chi connectivity index (χ3n) is 1.97. The maximum atomic E-state index is 12.7. The molecule has 0 radical (unpaired) electrons. The first-order valence-electron chi connectivity index (χ1n) is 4.24. The van der Waals surface area contributed by atoms with Crippen molar-refractivity contribution in [2.45, 2.75) is 12.8 Å². The fourth-order valence-electron chi connectivity index (χ4n) is 0.978. The minimum absolute atomic E-state index is 0.238. The van der Waals surface area contributed by atoms with Crippen LogP contribution in [0.1, 0.15) is 12.8 Å². The molecule has 0 bridgehead atoms. The molecule has 3 nitrogen and oxygen atoms in total. The van der Waals surface area contributed by atoms with Crippen molar-refractivity contribution in [3.63, 3.8) is 0 Å². The Kier molecular flexibility index (Phi) is 2.04. The summed E-state index contributed by atoms with van der Waals surface area (Å²) in [5.74, 6) is -0.479. The molecule has 1 N–H and O–H groups in total. The summed E-state index contributed by atoms with van der Waals surface area (Å²) in [6, 6.07) is 2.70. The molecule has 1 aliphatic carbocycles. The summed E-state index contributed by atoms with van der Waals surface area (Å²) in [7, 11) is 0. The Morgan fingerprint density at radius 3 is 2.92 bits per heavy atom. The molecule has 0 spiro atoms. The molecule has 1 aliphatic rings. The van der Waals surface area contributed by atoms with Gasteiger partial charge in [0.05, 0.1) is 6.61 Å². The zero-order valence-electron chi connectivity index (χ0n) is 7.03. The van der Waals surface area contributed by atoms with E-state index >= 15 is 0 Å². The third kappa shape index (κ3) is 2.08. The zero-order chi connectivity index (χ0) is 9.26. The van der Waals surface area contributed by atoms with E-state index in [-0.39, 0.29) is 5.88 Å². The summed E-state index contributed by atoms with van der Waals surface area (Å²) in [4.78, 5) is 3.43. The van der Waals surface area contributed by atoms with Gasteiger partial charge in [-0.05, 0) is 24.8 Å². The lowest BCUT2D eigenvalue weighted by Crippen LogP contribution is -2.01. The Morgan fingerprint density at radius 2 is 2.31 bits per heavy atom. The van der Waals surface area contributed by atoms with E-state index in [0.29, 0.717) is 12.5 Å². The second-order valence-electron chi connectivity index (χ2n) is 3.21. The molecule has 0 amide bonds. The second-order valence-corrected chi connectivity index (χ2v) is 3.21. The van der Waals surface area contributed by atoms with Gasteiger partial charge in [-0.25, -0.2) is 0 Å². The van der Waals surface area contributed by atoms with E-state index < -0.39 is 11.7 Å². The largest absolute Gasteiger partial charge is 0.504 e. The van der Waals surface area contributed by atoms with Crippen molar-refractivity contribution in [1.29, 1.82) is 0 Å². The molecule has 13 heavy (non-hydrogen) atoms. The molecule has 1 heterocycles. The Hall–Kier alpha value is -1.32. The topological polar surface area (TPSA) is 42.4 Å². The van der Waals surface area contributed by atoms with Crippen LogP contribution in [0, 0.1) is 11.9 Å².